The summed E-state index contributed by atoms with van der Waals surface area (Å²) in [4.78, 5) is 4.42. The van der Waals surface area contributed by atoms with Gasteiger partial charge in [0.15, 0.2) is 5.16 Å². The number of hydrogen-bond acceptors (Lipinski definition) is 4. The fraction of sp³-hybridized carbons (Fsp3) is 0.353. The topological polar surface area (TPSA) is 43.1 Å². The van der Waals surface area contributed by atoms with Crippen LogP contribution in [0.25, 0.3) is 5.78 Å². The molecule has 1 aromatic carbocycles. The summed E-state index contributed by atoms with van der Waals surface area (Å²) >= 11 is 1.69. The molecule has 0 saturated carbocycles. The van der Waals surface area contributed by atoms with Crippen LogP contribution in [0.5, 0.6) is 0 Å². The lowest BCUT2D eigenvalue weighted by Crippen LogP contribution is -1.97. The number of rotatable bonds is 4. The summed E-state index contributed by atoms with van der Waals surface area (Å²) in [6.45, 7) is 8.46. The van der Waals surface area contributed by atoms with Crippen molar-refractivity contribution in [1.29, 1.82) is 0 Å². The molecular weight excluding hydrogens is 292 g/mol. The highest BCUT2D eigenvalue weighted by Crippen LogP contribution is 2.24. The molecule has 5 heteroatoms. The van der Waals surface area contributed by atoms with E-state index < -0.39 is 0 Å². The van der Waals surface area contributed by atoms with E-state index in [-0.39, 0.29) is 0 Å². The standard InChI is InChI=1S/C17H20N4S/c1-11(2)15-7-5-14(6-8-15)10-22-17-20-19-16-18-12(3)9-13(4)21(16)17/h5-9,11H,10H2,1-4H3. The van der Waals surface area contributed by atoms with Crippen LogP contribution in [-0.4, -0.2) is 19.6 Å². The monoisotopic (exact) mass is 312 g/mol. The third-order valence-corrected chi connectivity index (χ3v) is 4.68. The first-order valence-corrected chi connectivity index (χ1v) is 8.44. The van der Waals surface area contributed by atoms with Gasteiger partial charge in [-0.25, -0.2) is 4.98 Å². The largest absolute Gasteiger partial charge is 0.259 e. The number of hydrogen-bond donors (Lipinski definition) is 0. The van der Waals surface area contributed by atoms with Gasteiger partial charge in [0, 0.05) is 17.1 Å². The van der Waals surface area contributed by atoms with Crippen molar-refractivity contribution >= 4 is 17.5 Å². The Morgan fingerprint density at radius 3 is 2.50 bits per heavy atom. The fourth-order valence-corrected chi connectivity index (χ4v) is 3.38. The first-order chi connectivity index (χ1) is 10.5. The number of thioether (sulfide) groups is 1. The van der Waals surface area contributed by atoms with Crippen LogP contribution in [0, 0.1) is 13.8 Å². The number of aryl methyl sites for hydroxylation is 2. The number of benzene rings is 1. The van der Waals surface area contributed by atoms with E-state index in [2.05, 4.69) is 66.3 Å². The minimum atomic E-state index is 0.569. The average Bonchev–Trinajstić information content (AvgIpc) is 2.88. The van der Waals surface area contributed by atoms with Crippen molar-refractivity contribution in [3.05, 3.63) is 52.8 Å². The first-order valence-electron chi connectivity index (χ1n) is 7.45. The predicted octanol–water partition coefficient (Wildman–Crippen LogP) is 4.16. The predicted molar refractivity (Wildman–Crippen MR) is 90.3 cm³/mol. The third-order valence-electron chi connectivity index (χ3n) is 3.68. The Hall–Kier alpha value is -1.88. The van der Waals surface area contributed by atoms with Crippen molar-refractivity contribution < 1.29 is 0 Å². The molecule has 2 aromatic heterocycles. The summed E-state index contributed by atoms with van der Waals surface area (Å²) in [7, 11) is 0. The molecule has 4 nitrogen and oxygen atoms in total. The summed E-state index contributed by atoms with van der Waals surface area (Å²) in [6.07, 6.45) is 0. The number of fused-ring (bicyclic) bond motifs is 1. The second kappa shape index (κ2) is 6.08. The van der Waals surface area contributed by atoms with Gasteiger partial charge in [0.25, 0.3) is 5.78 Å². The molecule has 3 aromatic rings. The van der Waals surface area contributed by atoms with E-state index in [0.29, 0.717) is 11.7 Å². The van der Waals surface area contributed by atoms with Crippen LogP contribution in [0.4, 0.5) is 0 Å². The molecule has 0 fully saturated rings. The normalized spacial score (nSPS) is 11.5. The smallest absolute Gasteiger partial charge is 0.256 e. The van der Waals surface area contributed by atoms with Crippen LogP contribution >= 0.6 is 11.8 Å². The van der Waals surface area contributed by atoms with Crippen LogP contribution in [0.1, 0.15) is 42.3 Å². The molecule has 0 aliphatic heterocycles. The SMILES string of the molecule is Cc1cc(C)n2c(SCc3ccc(C(C)C)cc3)nnc2n1. The van der Waals surface area contributed by atoms with Gasteiger partial charge in [-0.2, -0.15) is 0 Å². The Bertz CT molecular complexity index is 790. The van der Waals surface area contributed by atoms with Crippen molar-refractivity contribution in [2.24, 2.45) is 0 Å². The van der Waals surface area contributed by atoms with Crippen LogP contribution in [0.2, 0.25) is 0 Å². The van der Waals surface area contributed by atoms with Gasteiger partial charge < -0.3 is 0 Å². The highest BCUT2D eigenvalue weighted by atomic mass is 32.2. The zero-order chi connectivity index (χ0) is 15.7. The molecule has 0 amide bonds. The van der Waals surface area contributed by atoms with Crippen molar-refractivity contribution in [2.75, 3.05) is 0 Å². The molecule has 3 rings (SSSR count). The second-order valence-electron chi connectivity index (χ2n) is 5.84. The van der Waals surface area contributed by atoms with E-state index in [1.807, 2.05) is 11.3 Å². The highest BCUT2D eigenvalue weighted by Gasteiger charge is 2.10. The van der Waals surface area contributed by atoms with E-state index in [0.717, 1.165) is 22.3 Å². The second-order valence-corrected chi connectivity index (χ2v) is 6.78. The first kappa shape index (κ1) is 15.0. The Morgan fingerprint density at radius 1 is 1.09 bits per heavy atom. The Kier molecular flexibility index (Phi) is 4.16. The van der Waals surface area contributed by atoms with E-state index in [9.17, 15) is 0 Å². The average molecular weight is 312 g/mol. The zero-order valence-corrected chi connectivity index (χ0v) is 14.2. The maximum Gasteiger partial charge on any atom is 0.256 e. The minimum Gasteiger partial charge on any atom is -0.259 e. The van der Waals surface area contributed by atoms with Gasteiger partial charge in [-0.15, -0.1) is 10.2 Å². The molecule has 0 atom stereocenters. The van der Waals surface area contributed by atoms with Crippen molar-refractivity contribution in [1.82, 2.24) is 19.6 Å². The quantitative estimate of drug-likeness (QED) is 0.679. The van der Waals surface area contributed by atoms with Gasteiger partial charge in [0.2, 0.25) is 0 Å². The maximum absolute atomic E-state index is 4.42. The van der Waals surface area contributed by atoms with Gasteiger partial charge in [-0.3, -0.25) is 4.40 Å². The molecular formula is C17H20N4S. The van der Waals surface area contributed by atoms with E-state index in [1.54, 1.807) is 11.8 Å². The third kappa shape index (κ3) is 2.99. The Morgan fingerprint density at radius 2 is 1.82 bits per heavy atom. The van der Waals surface area contributed by atoms with Gasteiger partial charge in [0.05, 0.1) is 0 Å². The number of aromatic nitrogens is 4. The lowest BCUT2D eigenvalue weighted by Gasteiger charge is -2.07. The van der Waals surface area contributed by atoms with Crippen LogP contribution in [0.15, 0.2) is 35.5 Å². The van der Waals surface area contributed by atoms with Crippen molar-refractivity contribution in [3.8, 4) is 0 Å². The zero-order valence-electron chi connectivity index (χ0n) is 13.4. The molecule has 0 radical (unpaired) electrons. The molecule has 0 aliphatic rings. The van der Waals surface area contributed by atoms with Crippen LogP contribution in [-0.2, 0) is 5.75 Å². The summed E-state index contributed by atoms with van der Waals surface area (Å²) in [6, 6.07) is 10.9. The molecule has 114 valence electrons. The summed E-state index contributed by atoms with van der Waals surface area (Å²) in [5.41, 5.74) is 4.75. The lowest BCUT2D eigenvalue weighted by molar-refractivity contribution is 0.865. The number of nitrogens with zero attached hydrogens (tertiary/aromatic N) is 4. The summed E-state index contributed by atoms with van der Waals surface area (Å²) in [5, 5.41) is 9.34. The van der Waals surface area contributed by atoms with Gasteiger partial charge >= 0.3 is 0 Å². The minimum absolute atomic E-state index is 0.569. The molecule has 0 N–H and O–H groups in total. The summed E-state index contributed by atoms with van der Waals surface area (Å²) in [5.74, 6) is 2.13. The molecule has 22 heavy (non-hydrogen) atoms. The van der Waals surface area contributed by atoms with Crippen molar-refractivity contribution in [2.45, 2.75) is 44.5 Å². The Labute approximate surface area is 135 Å². The molecule has 0 spiro atoms. The fourth-order valence-electron chi connectivity index (χ4n) is 2.44. The van der Waals surface area contributed by atoms with Gasteiger partial charge in [-0.1, -0.05) is 49.9 Å². The summed E-state index contributed by atoms with van der Waals surface area (Å²) < 4.78 is 2.01. The van der Waals surface area contributed by atoms with E-state index >= 15 is 0 Å². The van der Waals surface area contributed by atoms with Crippen molar-refractivity contribution in [3.63, 3.8) is 0 Å². The lowest BCUT2D eigenvalue weighted by atomic mass is 10.0. The van der Waals surface area contributed by atoms with Crippen LogP contribution < -0.4 is 0 Å². The molecule has 0 unspecified atom stereocenters. The van der Waals surface area contributed by atoms with Gasteiger partial charge in [-0.05, 0) is 37.0 Å². The van der Waals surface area contributed by atoms with E-state index in [1.165, 1.54) is 11.1 Å². The van der Waals surface area contributed by atoms with E-state index in [4.69, 9.17) is 0 Å². The Balaban J connectivity index is 1.79. The molecule has 0 saturated heterocycles. The highest BCUT2D eigenvalue weighted by molar-refractivity contribution is 7.98. The molecule has 0 aliphatic carbocycles. The van der Waals surface area contributed by atoms with Gasteiger partial charge in [0.1, 0.15) is 0 Å². The molecule has 0 bridgehead atoms. The molecule has 2 heterocycles. The van der Waals surface area contributed by atoms with Crippen LogP contribution in [0.3, 0.4) is 0 Å². The maximum atomic E-state index is 4.42.